The second-order valence-electron chi connectivity index (χ2n) is 6.17. The molecule has 0 saturated heterocycles. The zero-order valence-electron chi connectivity index (χ0n) is 15.1. The number of Topliss-reactive ketones (excluding diaryl/α,β-unsaturated/α-hetero) is 2. The molecule has 1 amide bonds. The molecule has 0 spiro atoms. The van der Waals surface area contributed by atoms with Gasteiger partial charge in [-0.15, -0.1) is 0 Å². The molecule has 136 valence electrons. The van der Waals surface area contributed by atoms with Crippen LogP contribution in [0.5, 0.6) is 0 Å². The van der Waals surface area contributed by atoms with E-state index in [1.807, 2.05) is 6.92 Å². The molecule has 0 unspecified atom stereocenters. The summed E-state index contributed by atoms with van der Waals surface area (Å²) in [4.78, 5) is 51.6. The van der Waals surface area contributed by atoms with Crippen LogP contribution in [0.15, 0.2) is 59.8 Å². The standard InChI is InChI=1S/C21H17NO5/c1-12-9-10-15(13(2)11-12)18(23)16-17(21(26)27-3)22(20(25)19(16)24)14-7-5-4-6-8-14/h4-11H,1-3H3. The van der Waals surface area contributed by atoms with E-state index in [0.29, 0.717) is 11.3 Å². The number of amides is 1. The van der Waals surface area contributed by atoms with Crippen LogP contribution in [0.25, 0.3) is 0 Å². The van der Waals surface area contributed by atoms with Gasteiger partial charge in [-0.25, -0.2) is 4.79 Å². The van der Waals surface area contributed by atoms with E-state index in [0.717, 1.165) is 17.6 Å². The first-order valence-electron chi connectivity index (χ1n) is 8.25. The van der Waals surface area contributed by atoms with E-state index < -0.39 is 29.0 Å². The number of carbonyl (C=O) groups excluding carboxylic acids is 4. The Morgan fingerprint density at radius 2 is 1.63 bits per heavy atom. The van der Waals surface area contributed by atoms with Crippen LogP contribution in [-0.2, 0) is 19.1 Å². The minimum atomic E-state index is -1.02. The highest BCUT2D eigenvalue weighted by Gasteiger charge is 2.46. The SMILES string of the molecule is COC(=O)C1=C(C(=O)c2ccc(C)cc2C)C(=O)C(=O)N1c1ccccc1. The van der Waals surface area contributed by atoms with Gasteiger partial charge < -0.3 is 4.74 Å². The van der Waals surface area contributed by atoms with Crippen LogP contribution in [-0.4, -0.2) is 30.6 Å². The van der Waals surface area contributed by atoms with Gasteiger partial charge in [-0.05, 0) is 31.5 Å². The molecule has 27 heavy (non-hydrogen) atoms. The maximum absolute atomic E-state index is 13.1. The summed E-state index contributed by atoms with van der Waals surface area (Å²) in [6, 6.07) is 13.3. The maximum Gasteiger partial charge on any atom is 0.356 e. The Morgan fingerprint density at radius 1 is 0.963 bits per heavy atom. The van der Waals surface area contributed by atoms with Crippen LogP contribution >= 0.6 is 0 Å². The Labute approximate surface area is 156 Å². The summed E-state index contributed by atoms with van der Waals surface area (Å²) < 4.78 is 4.75. The second kappa shape index (κ2) is 6.99. The number of aryl methyl sites for hydroxylation is 2. The molecule has 1 aliphatic rings. The molecule has 0 fully saturated rings. The number of nitrogens with zero attached hydrogens (tertiary/aromatic N) is 1. The lowest BCUT2D eigenvalue weighted by Gasteiger charge is -2.18. The van der Waals surface area contributed by atoms with Gasteiger partial charge in [-0.1, -0.05) is 42.0 Å². The molecule has 0 radical (unpaired) electrons. The molecule has 0 N–H and O–H groups in total. The number of hydrogen-bond donors (Lipinski definition) is 0. The average molecular weight is 363 g/mol. The van der Waals surface area contributed by atoms with Crippen LogP contribution < -0.4 is 4.90 Å². The molecular weight excluding hydrogens is 346 g/mol. The Hall–Kier alpha value is -3.54. The van der Waals surface area contributed by atoms with Gasteiger partial charge >= 0.3 is 11.9 Å². The van der Waals surface area contributed by atoms with Crippen molar-refractivity contribution in [2.75, 3.05) is 12.0 Å². The molecular formula is C21H17NO5. The lowest BCUT2D eigenvalue weighted by atomic mass is 9.95. The van der Waals surface area contributed by atoms with E-state index in [9.17, 15) is 19.2 Å². The molecule has 0 aromatic heterocycles. The number of ether oxygens (including phenoxy) is 1. The molecule has 0 atom stereocenters. The zero-order chi connectivity index (χ0) is 19.7. The third kappa shape index (κ3) is 3.06. The molecule has 1 heterocycles. The van der Waals surface area contributed by atoms with Crippen molar-refractivity contribution in [2.45, 2.75) is 13.8 Å². The third-order valence-electron chi connectivity index (χ3n) is 4.33. The molecule has 6 nitrogen and oxygen atoms in total. The fourth-order valence-electron chi connectivity index (χ4n) is 3.06. The molecule has 2 aromatic carbocycles. The van der Waals surface area contributed by atoms with Crippen molar-refractivity contribution in [3.8, 4) is 0 Å². The van der Waals surface area contributed by atoms with Gasteiger partial charge in [0.15, 0.2) is 11.5 Å². The molecule has 0 aliphatic carbocycles. The van der Waals surface area contributed by atoms with Crippen molar-refractivity contribution < 1.29 is 23.9 Å². The van der Waals surface area contributed by atoms with Gasteiger partial charge in [0.2, 0.25) is 0 Å². The van der Waals surface area contributed by atoms with Gasteiger partial charge in [0, 0.05) is 11.3 Å². The largest absolute Gasteiger partial charge is 0.464 e. The summed E-state index contributed by atoms with van der Waals surface area (Å²) in [5.41, 5.74) is 1.33. The fourth-order valence-corrected chi connectivity index (χ4v) is 3.06. The molecule has 0 saturated carbocycles. The van der Waals surface area contributed by atoms with Crippen molar-refractivity contribution in [3.63, 3.8) is 0 Å². The fraction of sp³-hybridized carbons (Fsp3) is 0.143. The lowest BCUT2D eigenvalue weighted by molar-refractivity contribution is -0.136. The maximum atomic E-state index is 13.1. The predicted octanol–water partition coefficient (Wildman–Crippen LogP) is 2.53. The smallest absolute Gasteiger partial charge is 0.356 e. The van der Waals surface area contributed by atoms with Crippen molar-refractivity contribution in [2.24, 2.45) is 0 Å². The molecule has 3 rings (SSSR count). The number of anilines is 1. The monoisotopic (exact) mass is 363 g/mol. The van der Waals surface area contributed by atoms with Crippen LogP contribution in [0.3, 0.4) is 0 Å². The van der Waals surface area contributed by atoms with Crippen molar-refractivity contribution >= 4 is 29.1 Å². The van der Waals surface area contributed by atoms with E-state index in [1.54, 1.807) is 55.5 Å². The normalized spacial score (nSPS) is 14.0. The number of esters is 1. The highest BCUT2D eigenvalue weighted by molar-refractivity contribution is 6.59. The average Bonchev–Trinajstić information content (AvgIpc) is 2.92. The molecule has 1 aliphatic heterocycles. The Kier molecular flexibility index (Phi) is 4.73. The van der Waals surface area contributed by atoms with Crippen molar-refractivity contribution in [1.29, 1.82) is 0 Å². The summed E-state index contributed by atoms with van der Waals surface area (Å²) in [7, 11) is 1.13. The number of benzene rings is 2. The Balaban J connectivity index is 2.22. The van der Waals surface area contributed by atoms with Gasteiger partial charge in [0.05, 0.1) is 7.11 Å². The second-order valence-corrected chi connectivity index (χ2v) is 6.17. The van der Waals surface area contributed by atoms with Gasteiger partial charge in [0.25, 0.3) is 5.78 Å². The van der Waals surface area contributed by atoms with Gasteiger partial charge in [-0.3, -0.25) is 19.3 Å². The quantitative estimate of drug-likeness (QED) is 0.361. The summed E-state index contributed by atoms with van der Waals surface area (Å²) in [6.45, 7) is 3.61. The van der Waals surface area contributed by atoms with Crippen LogP contribution in [0.1, 0.15) is 21.5 Å². The van der Waals surface area contributed by atoms with E-state index in [4.69, 9.17) is 4.74 Å². The summed E-state index contributed by atoms with van der Waals surface area (Å²) in [5.74, 6) is -3.59. The highest BCUT2D eigenvalue weighted by Crippen LogP contribution is 2.31. The molecule has 2 aromatic rings. The predicted molar refractivity (Wildman–Crippen MR) is 98.2 cm³/mol. The minimum Gasteiger partial charge on any atom is -0.464 e. The molecule has 6 heteroatoms. The summed E-state index contributed by atoms with van der Waals surface area (Å²) in [6.07, 6.45) is 0. The number of ketones is 2. The number of carbonyl (C=O) groups is 4. The Morgan fingerprint density at radius 3 is 2.22 bits per heavy atom. The molecule has 0 bridgehead atoms. The van der Waals surface area contributed by atoms with E-state index >= 15 is 0 Å². The Bertz CT molecular complexity index is 1000. The first-order chi connectivity index (χ1) is 12.9. The first kappa shape index (κ1) is 18.3. The number of para-hydroxylation sites is 1. The van der Waals surface area contributed by atoms with E-state index in [1.165, 1.54) is 0 Å². The highest BCUT2D eigenvalue weighted by atomic mass is 16.5. The van der Waals surface area contributed by atoms with Crippen LogP contribution in [0.2, 0.25) is 0 Å². The van der Waals surface area contributed by atoms with Crippen LogP contribution in [0, 0.1) is 13.8 Å². The topological polar surface area (TPSA) is 80.8 Å². The number of rotatable bonds is 4. The first-order valence-corrected chi connectivity index (χ1v) is 8.25. The lowest BCUT2D eigenvalue weighted by Crippen LogP contribution is -2.31. The third-order valence-corrected chi connectivity index (χ3v) is 4.33. The van der Waals surface area contributed by atoms with Crippen LogP contribution in [0.4, 0.5) is 5.69 Å². The van der Waals surface area contributed by atoms with Crippen molar-refractivity contribution in [1.82, 2.24) is 0 Å². The summed E-state index contributed by atoms with van der Waals surface area (Å²) >= 11 is 0. The van der Waals surface area contributed by atoms with Gasteiger partial charge in [-0.2, -0.15) is 0 Å². The van der Waals surface area contributed by atoms with E-state index in [2.05, 4.69) is 0 Å². The number of hydrogen-bond acceptors (Lipinski definition) is 5. The van der Waals surface area contributed by atoms with E-state index in [-0.39, 0.29) is 11.3 Å². The van der Waals surface area contributed by atoms with Crippen molar-refractivity contribution in [3.05, 3.63) is 76.5 Å². The number of methoxy groups -OCH3 is 1. The summed E-state index contributed by atoms with van der Waals surface area (Å²) in [5, 5.41) is 0. The van der Waals surface area contributed by atoms with Gasteiger partial charge in [0.1, 0.15) is 5.57 Å². The zero-order valence-corrected chi connectivity index (χ0v) is 15.1. The minimum absolute atomic E-state index is 0.257.